The van der Waals surface area contributed by atoms with E-state index in [9.17, 15) is 0 Å². The summed E-state index contributed by atoms with van der Waals surface area (Å²) in [5, 5.41) is 3.50. The molecule has 2 aromatic rings. The summed E-state index contributed by atoms with van der Waals surface area (Å²) in [4.78, 5) is 20.9. The third-order valence-corrected chi connectivity index (χ3v) is 5.98. The van der Waals surface area contributed by atoms with Crippen LogP contribution >= 0.6 is 24.0 Å². The highest BCUT2D eigenvalue weighted by molar-refractivity contribution is 14.0. The summed E-state index contributed by atoms with van der Waals surface area (Å²) in [5.74, 6) is 2.50. The molecule has 2 saturated heterocycles. The maximum absolute atomic E-state index is 4.95. The monoisotopic (exact) mass is 535 g/mol. The first-order valence-electron chi connectivity index (χ1n) is 11.2. The molecule has 1 N–H and O–H groups in total. The van der Waals surface area contributed by atoms with Crippen LogP contribution in [-0.2, 0) is 0 Å². The summed E-state index contributed by atoms with van der Waals surface area (Å²) in [5.41, 5.74) is 1.44. The Hall–Kier alpha value is -1.94. The van der Waals surface area contributed by atoms with Crippen molar-refractivity contribution in [3.05, 3.63) is 54.4 Å². The number of anilines is 1. The summed E-state index contributed by atoms with van der Waals surface area (Å²) in [6.45, 7) is 11.0. The average Bonchev–Trinajstić information content (AvgIpc) is 3.30. The Labute approximate surface area is 203 Å². The highest BCUT2D eigenvalue weighted by Crippen LogP contribution is 2.26. The molecule has 0 bridgehead atoms. The van der Waals surface area contributed by atoms with Gasteiger partial charge in [-0.25, -0.2) is 9.97 Å². The second-order valence-corrected chi connectivity index (χ2v) is 7.96. The highest BCUT2D eigenvalue weighted by Gasteiger charge is 2.26. The molecule has 0 radical (unpaired) electrons. The van der Waals surface area contributed by atoms with Crippen LogP contribution in [0.15, 0.2) is 53.8 Å². The fourth-order valence-electron chi connectivity index (χ4n) is 4.30. The van der Waals surface area contributed by atoms with Crippen LogP contribution in [0.1, 0.15) is 24.8 Å². The van der Waals surface area contributed by atoms with Crippen molar-refractivity contribution in [2.45, 2.75) is 19.3 Å². The van der Waals surface area contributed by atoms with E-state index in [0.29, 0.717) is 5.92 Å². The number of hydrogen-bond acceptors (Lipinski definition) is 5. The van der Waals surface area contributed by atoms with Crippen molar-refractivity contribution in [3.63, 3.8) is 0 Å². The predicted octanol–water partition coefficient (Wildman–Crippen LogP) is 2.67. The molecule has 1 aromatic carbocycles. The van der Waals surface area contributed by atoms with E-state index in [2.05, 4.69) is 67.2 Å². The van der Waals surface area contributed by atoms with E-state index < -0.39 is 0 Å². The molecule has 0 amide bonds. The first-order chi connectivity index (χ1) is 14.8. The van der Waals surface area contributed by atoms with Crippen molar-refractivity contribution < 1.29 is 0 Å². The Morgan fingerprint density at radius 3 is 2.48 bits per heavy atom. The number of rotatable bonds is 6. The van der Waals surface area contributed by atoms with Gasteiger partial charge in [0.05, 0.1) is 6.54 Å². The highest BCUT2D eigenvalue weighted by atomic mass is 127. The summed E-state index contributed by atoms with van der Waals surface area (Å²) in [7, 11) is 0. The number of likely N-dealkylation sites (tertiary alicyclic amines) is 1. The smallest absolute Gasteiger partial charge is 0.225 e. The first kappa shape index (κ1) is 23.7. The molecule has 7 nitrogen and oxygen atoms in total. The SMILES string of the molecule is CCNC(=NCCN1CCN(c2ncccn2)CC1)N1CCC(c2ccccc2)C1.I. The topological polar surface area (TPSA) is 59.9 Å². The maximum Gasteiger partial charge on any atom is 0.225 e. The van der Waals surface area contributed by atoms with Crippen molar-refractivity contribution in [2.75, 3.05) is 63.8 Å². The Kier molecular flexibility index (Phi) is 9.32. The van der Waals surface area contributed by atoms with Crippen LogP contribution in [0.2, 0.25) is 0 Å². The third-order valence-electron chi connectivity index (χ3n) is 5.98. The average molecular weight is 535 g/mol. The van der Waals surface area contributed by atoms with Gasteiger partial charge in [0.15, 0.2) is 5.96 Å². The van der Waals surface area contributed by atoms with E-state index in [4.69, 9.17) is 4.99 Å². The zero-order chi connectivity index (χ0) is 20.6. The van der Waals surface area contributed by atoms with Crippen molar-refractivity contribution in [1.29, 1.82) is 0 Å². The summed E-state index contributed by atoms with van der Waals surface area (Å²) >= 11 is 0. The van der Waals surface area contributed by atoms with Gasteiger partial charge in [0.1, 0.15) is 0 Å². The van der Waals surface area contributed by atoms with Crippen LogP contribution < -0.4 is 10.2 Å². The zero-order valence-corrected chi connectivity index (χ0v) is 20.7. The largest absolute Gasteiger partial charge is 0.357 e. The van der Waals surface area contributed by atoms with Gasteiger partial charge in [0.2, 0.25) is 5.95 Å². The standard InChI is InChI=1S/C23H33N7.HI/c1-2-24-22(30-13-9-21(19-30)20-7-4-3-5-8-20)27-12-14-28-15-17-29(18-16-28)23-25-10-6-11-26-23;/h3-8,10-11,21H,2,9,12-19H2,1H3,(H,24,27);1H. The van der Waals surface area contributed by atoms with Crippen molar-refractivity contribution in [3.8, 4) is 0 Å². The molecular formula is C23H34IN7. The lowest BCUT2D eigenvalue weighted by molar-refractivity contribution is 0.263. The minimum atomic E-state index is 0. The molecule has 31 heavy (non-hydrogen) atoms. The molecule has 0 saturated carbocycles. The Morgan fingerprint density at radius 2 is 1.77 bits per heavy atom. The predicted molar refractivity (Wildman–Crippen MR) is 137 cm³/mol. The van der Waals surface area contributed by atoms with Gasteiger partial charge in [-0.2, -0.15) is 0 Å². The van der Waals surface area contributed by atoms with Crippen LogP contribution in [0.5, 0.6) is 0 Å². The Bertz CT molecular complexity index is 794. The van der Waals surface area contributed by atoms with Crippen molar-refractivity contribution in [2.24, 2.45) is 4.99 Å². The number of halogens is 1. The van der Waals surface area contributed by atoms with Gasteiger partial charge in [-0.15, -0.1) is 24.0 Å². The van der Waals surface area contributed by atoms with E-state index in [0.717, 1.165) is 70.8 Å². The minimum Gasteiger partial charge on any atom is -0.357 e. The number of aliphatic imine (C=N–C) groups is 1. The number of piperazine rings is 1. The number of aromatic nitrogens is 2. The van der Waals surface area contributed by atoms with Gasteiger partial charge >= 0.3 is 0 Å². The van der Waals surface area contributed by atoms with E-state index in [1.807, 2.05) is 18.5 Å². The van der Waals surface area contributed by atoms with Crippen molar-refractivity contribution >= 4 is 35.9 Å². The molecule has 3 heterocycles. The zero-order valence-electron chi connectivity index (χ0n) is 18.4. The molecule has 1 aromatic heterocycles. The molecule has 1 atom stereocenters. The number of guanidine groups is 1. The van der Waals surface area contributed by atoms with Gasteiger partial charge in [-0.3, -0.25) is 9.89 Å². The van der Waals surface area contributed by atoms with Crippen LogP contribution in [0.3, 0.4) is 0 Å². The van der Waals surface area contributed by atoms with Crippen LogP contribution in [-0.4, -0.2) is 84.6 Å². The fraction of sp³-hybridized carbons (Fsp3) is 0.522. The number of nitrogens with one attached hydrogen (secondary N) is 1. The van der Waals surface area contributed by atoms with E-state index in [1.165, 1.54) is 12.0 Å². The molecule has 4 rings (SSSR count). The Morgan fingerprint density at radius 1 is 1.03 bits per heavy atom. The molecule has 0 spiro atoms. The lowest BCUT2D eigenvalue weighted by atomic mass is 9.99. The summed E-state index contributed by atoms with van der Waals surface area (Å²) < 4.78 is 0. The van der Waals surface area contributed by atoms with Crippen LogP contribution in [0, 0.1) is 0 Å². The third kappa shape index (κ3) is 6.52. The first-order valence-corrected chi connectivity index (χ1v) is 11.2. The Balaban J connectivity index is 0.00000272. The molecular weight excluding hydrogens is 501 g/mol. The molecule has 1 unspecified atom stereocenters. The minimum absolute atomic E-state index is 0. The normalized spacial score (nSPS) is 19.9. The van der Waals surface area contributed by atoms with E-state index >= 15 is 0 Å². The summed E-state index contributed by atoms with van der Waals surface area (Å²) in [6.07, 6.45) is 4.82. The van der Waals surface area contributed by atoms with Gasteiger partial charge < -0.3 is 15.1 Å². The lowest BCUT2D eigenvalue weighted by Crippen LogP contribution is -2.48. The second kappa shape index (κ2) is 12.2. The van der Waals surface area contributed by atoms with E-state index in [-0.39, 0.29) is 24.0 Å². The second-order valence-electron chi connectivity index (χ2n) is 7.96. The maximum atomic E-state index is 4.95. The molecule has 2 aliphatic rings. The number of hydrogen-bond donors (Lipinski definition) is 1. The van der Waals surface area contributed by atoms with Crippen molar-refractivity contribution in [1.82, 2.24) is 25.1 Å². The van der Waals surface area contributed by atoms with Gasteiger partial charge in [0, 0.05) is 70.7 Å². The van der Waals surface area contributed by atoms with Crippen LogP contribution in [0.4, 0.5) is 5.95 Å². The van der Waals surface area contributed by atoms with Gasteiger partial charge in [0.25, 0.3) is 0 Å². The van der Waals surface area contributed by atoms with Gasteiger partial charge in [-0.05, 0) is 25.0 Å². The fourth-order valence-corrected chi connectivity index (χ4v) is 4.30. The number of nitrogens with zero attached hydrogens (tertiary/aromatic N) is 6. The van der Waals surface area contributed by atoms with Crippen LogP contribution in [0.25, 0.3) is 0 Å². The summed E-state index contributed by atoms with van der Waals surface area (Å²) in [6, 6.07) is 12.7. The molecule has 2 fully saturated rings. The quantitative estimate of drug-likeness (QED) is 0.349. The molecule has 0 aliphatic carbocycles. The van der Waals surface area contributed by atoms with E-state index in [1.54, 1.807) is 0 Å². The molecule has 168 valence electrons. The molecule has 8 heteroatoms. The number of benzene rings is 1. The van der Waals surface area contributed by atoms with Gasteiger partial charge in [-0.1, -0.05) is 30.3 Å². The molecule has 2 aliphatic heterocycles. The lowest BCUT2D eigenvalue weighted by Gasteiger charge is -2.34.